The molecule has 94 valence electrons. The van der Waals surface area contributed by atoms with Crippen molar-refractivity contribution in [1.82, 2.24) is 9.97 Å². The van der Waals surface area contributed by atoms with Gasteiger partial charge in [-0.25, -0.2) is 9.97 Å². The van der Waals surface area contributed by atoms with Crippen molar-refractivity contribution < 1.29 is 4.79 Å². The molecule has 0 saturated heterocycles. The maximum Gasteiger partial charge on any atom is 0.231 e. The SMILES string of the molecule is Cc1cc(C)nc(NC(=O)Cc2csc(N)n2)c1. The molecule has 0 unspecified atom stereocenters. The Labute approximate surface area is 109 Å². The number of pyridine rings is 1. The number of hydrogen-bond donors (Lipinski definition) is 2. The van der Waals surface area contributed by atoms with Gasteiger partial charge in [0.2, 0.25) is 5.91 Å². The lowest BCUT2D eigenvalue weighted by atomic mass is 10.2. The molecular formula is C12H14N4OS. The summed E-state index contributed by atoms with van der Waals surface area (Å²) < 4.78 is 0. The van der Waals surface area contributed by atoms with Gasteiger partial charge in [-0.1, -0.05) is 0 Å². The van der Waals surface area contributed by atoms with Gasteiger partial charge in [0.25, 0.3) is 0 Å². The number of thiazole rings is 1. The molecule has 0 atom stereocenters. The molecule has 2 heterocycles. The number of hydrogen-bond acceptors (Lipinski definition) is 5. The summed E-state index contributed by atoms with van der Waals surface area (Å²) in [5.41, 5.74) is 8.13. The molecule has 0 aliphatic carbocycles. The molecule has 6 heteroatoms. The van der Waals surface area contributed by atoms with Gasteiger partial charge in [0.15, 0.2) is 5.13 Å². The van der Waals surface area contributed by atoms with E-state index in [0.717, 1.165) is 11.3 Å². The second-order valence-electron chi connectivity index (χ2n) is 4.07. The molecule has 0 radical (unpaired) electrons. The van der Waals surface area contributed by atoms with Crippen LogP contribution in [0.1, 0.15) is 17.0 Å². The number of aromatic nitrogens is 2. The third-order valence-electron chi connectivity index (χ3n) is 2.28. The Morgan fingerprint density at radius 2 is 2.17 bits per heavy atom. The van der Waals surface area contributed by atoms with Gasteiger partial charge in [-0.3, -0.25) is 4.79 Å². The molecule has 1 amide bonds. The van der Waals surface area contributed by atoms with E-state index in [4.69, 9.17) is 5.73 Å². The van der Waals surface area contributed by atoms with Crippen molar-refractivity contribution in [2.24, 2.45) is 0 Å². The van der Waals surface area contributed by atoms with Crippen molar-refractivity contribution in [3.63, 3.8) is 0 Å². The fourth-order valence-corrected chi connectivity index (χ4v) is 2.22. The van der Waals surface area contributed by atoms with E-state index in [9.17, 15) is 4.79 Å². The molecule has 2 rings (SSSR count). The van der Waals surface area contributed by atoms with Crippen molar-refractivity contribution in [3.05, 3.63) is 34.5 Å². The summed E-state index contributed by atoms with van der Waals surface area (Å²) in [6.45, 7) is 3.86. The minimum absolute atomic E-state index is 0.141. The van der Waals surface area contributed by atoms with Gasteiger partial charge in [0.05, 0.1) is 12.1 Å². The van der Waals surface area contributed by atoms with Crippen LogP contribution >= 0.6 is 11.3 Å². The molecule has 0 aliphatic heterocycles. The second-order valence-corrected chi connectivity index (χ2v) is 4.96. The summed E-state index contributed by atoms with van der Waals surface area (Å²) in [6, 6.07) is 3.79. The number of carbonyl (C=O) groups excluding carboxylic acids is 1. The van der Waals surface area contributed by atoms with E-state index in [1.807, 2.05) is 26.0 Å². The van der Waals surface area contributed by atoms with Crippen molar-refractivity contribution in [1.29, 1.82) is 0 Å². The van der Waals surface area contributed by atoms with Gasteiger partial charge in [-0.2, -0.15) is 0 Å². The van der Waals surface area contributed by atoms with Crippen LogP contribution in [0.4, 0.5) is 10.9 Å². The lowest BCUT2D eigenvalue weighted by Gasteiger charge is -2.05. The number of nitrogens with one attached hydrogen (secondary N) is 1. The third kappa shape index (κ3) is 3.27. The number of anilines is 2. The summed E-state index contributed by atoms with van der Waals surface area (Å²) in [5.74, 6) is 0.429. The number of aryl methyl sites for hydroxylation is 2. The van der Waals surface area contributed by atoms with Crippen LogP contribution in [-0.4, -0.2) is 15.9 Å². The van der Waals surface area contributed by atoms with E-state index in [0.29, 0.717) is 16.6 Å². The summed E-state index contributed by atoms with van der Waals surface area (Å²) in [6.07, 6.45) is 0.211. The quantitative estimate of drug-likeness (QED) is 0.885. The van der Waals surface area contributed by atoms with Crippen LogP contribution in [0.15, 0.2) is 17.5 Å². The van der Waals surface area contributed by atoms with Gasteiger partial charge in [0, 0.05) is 11.1 Å². The van der Waals surface area contributed by atoms with E-state index in [1.165, 1.54) is 11.3 Å². The van der Waals surface area contributed by atoms with Gasteiger partial charge >= 0.3 is 0 Å². The highest BCUT2D eigenvalue weighted by atomic mass is 32.1. The number of rotatable bonds is 3. The molecular weight excluding hydrogens is 248 g/mol. The van der Waals surface area contributed by atoms with Crippen LogP contribution in [0.2, 0.25) is 0 Å². The van der Waals surface area contributed by atoms with Crippen LogP contribution in [0.5, 0.6) is 0 Å². The molecule has 3 N–H and O–H groups in total. The summed E-state index contributed by atoms with van der Waals surface area (Å²) in [7, 11) is 0. The molecule has 0 aliphatic rings. The summed E-state index contributed by atoms with van der Waals surface area (Å²) in [4.78, 5) is 20.1. The molecule has 2 aromatic rings. The molecule has 0 bridgehead atoms. The number of amides is 1. The first-order valence-corrected chi connectivity index (χ1v) is 6.36. The average molecular weight is 262 g/mol. The highest BCUT2D eigenvalue weighted by Gasteiger charge is 2.08. The highest BCUT2D eigenvalue weighted by Crippen LogP contribution is 2.13. The lowest BCUT2D eigenvalue weighted by molar-refractivity contribution is -0.115. The lowest BCUT2D eigenvalue weighted by Crippen LogP contribution is -2.15. The van der Waals surface area contributed by atoms with Crippen LogP contribution < -0.4 is 11.1 Å². The Kier molecular flexibility index (Phi) is 3.57. The first-order valence-electron chi connectivity index (χ1n) is 5.48. The molecule has 0 saturated carbocycles. The van der Waals surface area contributed by atoms with E-state index in [1.54, 1.807) is 5.38 Å². The number of nitrogen functional groups attached to an aromatic ring is 1. The molecule has 0 fully saturated rings. The Balaban J connectivity index is 2.02. The number of nitrogens with two attached hydrogens (primary N) is 1. The fourth-order valence-electron chi connectivity index (χ4n) is 1.66. The van der Waals surface area contributed by atoms with Gasteiger partial charge in [-0.15, -0.1) is 11.3 Å². The molecule has 18 heavy (non-hydrogen) atoms. The average Bonchev–Trinajstić information content (AvgIpc) is 2.61. The number of carbonyl (C=O) groups is 1. The van der Waals surface area contributed by atoms with E-state index >= 15 is 0 Å². The standard InChI is InChI=1S/C12H14N4OS/c1-7-3-8(2)14-10(4-7)16-11(17)5-9-6-18-12(13)15-9/h3-4,6H,5H2,1-2H3,(H2,13,15)(H,14,16,17). The fraction of sp³-hybridized carbons (Fsp3) is 0.250. The summed E-state index contributed by atoms with van der Waals surface area (Å²) >= 11 is 1.33. The van der Waals surface area contributed by atoms with E-state index in [-0.39, 0.29) is 12.3 Å². The maximum absolute atomic E-state index is 11.8. The van der Waals surface area contributed by atoms with E-state index in [2.05, 4.69) is 15.3 Å². The van der Waals surface area contributed by atoms with Crippen LogP contribution in [0, 0.1) is 13.8 Å². The second kappa shape index (κ2) is 5.14. The summed E-state index contributed by atoms with van der Waals surface area (Å²) in [5, 5.41) is 5.01. The Morgan fingerprint density at radius 1 is 1.39 bits per heavy atom. The molecule has 0 aromatic carbocycles. The zero-order valence-corrected chi connectivity index (χ0v) is 11.0. The number of nitrogens with zero attached hydrogens (tertiary/aromatic N) is 2. The van der Waals surface area contributed by atoms with Crippen LogP contribution in [-0.2, 0) is 11.2 Å². The highest BCUT2D eigenvalue weighted by molar-refractivity contribution is 7.13. The predicted octanol–water partition coefficient (Wildman–Crippen LogP) is 1.92. The van der Waals surface area contributed by atoms with Gasteiger partial charge in [0.1, 0.15) is 5.82 Å². The smallest absolute Gasteiger partial charge is 0.231 e. The van der Waals surface area contributed by atoms with E-state index < -0.39 is 0 Å². The Hall–Kier alpha value is -1.95. The van der Waals surface area contributed by atoms with Crippen molar-refractivity contribution in [2.75, 3.05) is 11.1 Å². The van der Waals surface area contributed by atoms with Crippen LogP contribution in [0.25, 0.3) is 0 Å². The third-order valence-corrected chi connectivity index (χ3v) is 3.00. The topological polar surface area (TPSA) is 80.9 Å². The largest absolute Gasteiger partial charge is 0.375 e. The predicted molar refractivity (Wildman–Crippen MR) is 72.6 cm³/mol. The van der Waals surface area contributed by atoms with Crippen molar-refractivity contribution >= 4 is 28.2 Å². The van der Waals surface area contributed by atoms with Crippen molar-refractivity contribution in [2.45, 2.75) is 20.3 Å². The minimum atomic E-state index is -0.141. The van der Waals surface area contributed by atoms with Crippen molar-refractivity contribution in [3.8, 4) is 0 Å². The zero-order chi connectivity index (χ0) is 13.1. The minimum Gasteiger partial charge on any atom is -0.375 e. The Morgan fingerprint density at radius 3 is 2.78 bits per heavy atom. The Bertz CT molecular complexity index is 559. The molecule has 2 aromatic heterocycles. The molecule has 5 nitrogen and oxygen atoms in total. The normalized spacial score (nSPS) is 10.3. The van der Waals surface area contributed by atoms with Gasteiger partial charge in [-0.05, 0) is 31.5 Å². The monoisotopic (exact) mass is 262 g/mol. The first-order chi connectivity index (χ1) is 8.52. The first kappa shape index (κ1) is 12.5. The van der Waals surface area contributed by atoms with Gasteiger partial charge < -0.3 is 11.1 Å². The van der Waals surface area contributed by atoms with Crippen LogP contribution in [0.3, 0.4) is 0 Å². The maximum atomic E-state index is 11.8. The zero-order valence-electron chi connectivity index (χ0n) is 10.2. The molecule has 0 spiro atoms.